The Morgan fingerprint density at radius 3 is 2.06 bits per heavy atom. The second kappa shape index (κ2) is 4.27. The number of nitrogens with one attached hydrogen (secondary N) is 1. The number of aryl methyl sites for hydroxylation is 2. The quantitative estimate of drug-likeness (QED) is 0.818. The summed E-state index contributed by atoms with van der Waals surface area (Å²) in [5, 5.41) is 3.72. The molecule has 1 saturated heterocycles. The second-order valence-electron chi connectivity index (χ2n) is 7.04. The largest absolute Gasteiger partial charge is 0.368 e. The van der Waals surface area contributed by atoms with E-state index in [-0.39, 0.29) is 11.1 Å². The summed E-state index contributed by atoms with van der Waals surface area (Å²) < 4.78 is 0. The summed E-state index contributed by atoms with van der Waals surface area (Å²) in [5.41, 5.74) is 4.40. The fourth-order valence-corrected chi connectivity index (χ4v) is 3.34. The van der Waals surface area contributed by atoms with Crippen LogP contribution in [0.4, 0.5) is 5.69 Å². The standard InChI is InChI=1S/C16H26N2/c1-12-7-8-14(13(2)9-12)18-10-15(3,4)17-16(5,6)11-18/h7-9,17H,10-11H2,1-6H3. The fourth-order valence-electron chi connectivity index (χ4n) is 3.34. The average molecular weight is 246 g/mol. The molecule has 0 bridgehead atoms. The molecule has 2 nitrogen and oxygen atoms in total. The Balaban J connectivity index is 2.32. The highest BCUT2D eigenvalue weighted by atomic mass is 15.3. The van der Waals surface area contributed by atoms with E-state index in [1.807, 2.05) is 0 Å². The van der Waals surface area contributed by atoms with E-state index in [1.165, 1.54) is 16.8 Å². The van der Waals surface area contributed by atoms with Crippen LogP contribution in [0.25, 0.3) is 0 Å². The molecule has 0 amide bonds. The SMILES string of the molecule is Cc1ccc(N2CC(C)(C)NC(C)(C)C2)c(C)c1. The van der Waals surface area contributed by atoms with Crippen molar-refractivity contribution in [2.45, 2.75) is 52.6 Å². The van der Waals surface area contributed by atoms with E-state index in [9.17, 15) is 0 Å². The van der Waals surface area contributed by atoms with Crippen molar-refractivity contribution in [3.8, 4) is 0 Å². The Morgan fingerprint density at radius 1 is 1.00 bits per heavy atom. The van der Waals surface area contributed by atoms with Crippen LogP contribution >= 0.6 is 0 Å². The van der Waals surface area contributed by atoms with Gasteiger partial charge in [0.1, 0.15) is 0 Å². The lowest BCUT2D eigenvalue weighted by Crippen LogP contribution is -2.67. The van der Waals surface area contributed by atoms with Crippen LogP contribution in [0.2, 0.25) is 0 Å². The number of benzene rings is 1. The first kappa shape index (κ1) is 13.4. The molecule has 0 spiro atoms. The van der Waals surface area contributed by atoms with Gasteiger partial charge in [0.2, 0.25) is 0 Å². The predicted molar refractivity (Wildman–Crippen MR) is 79.4 cm³/mol. The molecule has 1 fully saturated rings. The maximum Gasteiger partial charge on any atom is 0.0397 e. The molecule has 1 heterocycles. The summed E-state index contributed by atoms with van der Waals surface area (Å²) >= 11 is 0. The number of hydrogen-bond acceptors (Lipinski definition) is 2. The molecule has 1 aliphatic rings. The summed E-state index contributed by atoms with van der Waals surface area (Å²) in [6.07, 6.45) is 0. The Bertz CT molecular complexity index is 430. The first-order valence-corrected chi connectivity index (χ1v) is 6.80. The molecule has 1 N–H and O–H groups in total. The van der Waals surface area contributed by atoms with Gasteiger partial charge in [0.15, 0.2) is 0 Å². The normalized spacial score (nSPS) is 22.0. The van der Waals surface area contributed by atoms with Gasteiger partial charge in [-0.1, -0.05) is 17.7 Å². The van der Waals surface area contributed by atoms with E-state index in [4.69, 9.17) is 0 Å². The average Bonchev–Trinajstić information content (AvgIpc) is 2.11. The number of piperazine rings is 1. The van der Waals surface area contributed by atoms with E-state index in [0.717, 1.165) is 13.1 Å². The van der Waals surface area contributed by atoms with Crippen LogP contribution in [0.5, 0.6) is 0 Å². The maximum absolute atomic E-state index is 3.72. The van der Waals surface area contributed by atoms with Crippen LogP contribution in [0, 0.1) is 13.8 Å². The first-order chi connectivity index (χ1) is 8.19. The van der Waals surface area contributed by atoms with Crippen molar-refractivity contribution in [1.29, 1.82) is 0 Å². The zero-order valence-electron chi connectivity index (χ0n) is 12.6. The molecule has 0 saturated carbocycles. The van der Waals surface area contributed by atoms with Crippen LogP contribution in [-0.4, -0.2) is 24.2 Å². The molecule has 0 unspecified atom stereocenters. The minimum Gasteiger partial charge on any atom is -0.368 e. The first-order valence-electron chi connectivity index (χ1n) is 6.80. The third-order valence-corrected chi connectivity index (χ3v) is 3.54. The van der Waals surface area contributed by atoms with E-state index < -0.39 is 0 Å². The Morgan fingerprint density at radius 2 is 1.56 bits per heavy atom. The molecule has 1 aliphatic heterocycles. The lowest BCUT2D eigenvalue weighted by atomic mass is 9.90. The van der Waals surface area contributed by atoms with Gasteiger partial charge >= 0.3 is 0 Å². The molecule has 0 aliphatic carbocycles. The van der Waals surface area contributed by atoms with Crippen LogP contribution < -0.4 is 10.2 Å². The van der Waals surface area contributed by atoms with E-state index in [1.54, 1.807) is 0 Å². The summed E-state index contributed by atoms with van der Waals surface area (Å²) in [5.74, 6) is 0. The van der Waals surface area contributed by atoms with E-state index in [2.05, 4.69) is 70.0 Å². The lowest BCUT2D eigenvalue weighted by Gasteiger charge is -2.49. The summed E-state index contributed by atoms with van der Waals surface area (Å²) in [7, 11) is 0. The van der Waals surface area contributed by atoms with E-state index in [0.29, 0.717) is 0 Å². The highest BCUT2D eigenvalue weighted by Gasteiger charge is 2.36. The van der Waals surface area contributed by atoms with Crippen molar-refractivity contribution >= 4 is 5.69 Å². The van der Waals surface area contributed by atoms with Crippen molar-refractivity contribution in [2.24, 2.45) is 0 Å². The van der Waals surface area contributed by atoms with Crippen LogP contribution in [0.3, 0.4) is 0 Å². The number of rotatable bonds is 1. The minimum absolute atomic E-state index is 0.152. The Labute approximate surface area is 111 Å². The third-order valence-electron chi connectivity index (χ3n) is 3.54. The monoisotopic (exact) mass is 246 g/mol. The van der Waals surface area contributed by atoms with Gasteiger partial charge in [-0.25, -0.2) is 0 Å². The molecule has 0 atom stereocenters. The van der Waals surface area contributed by atoms with Crippen molar-refractivity contribution in [2.75, 3.05) is 18.0 Å². The van der Waals surface area contributed by atoms with Crippen molar-refractivity contribution in [3.63, 3.8) is 0 Å². The highest BCUT2D eigenvalue weighted by Crippen LogP contribution is 2.28. The third kappa shape index (κ3) is 2.86. The zero-order valence-corrected chi connectivity index (χ0v) is 12.6. The van der Waals surface area contributed by atoms with E-state index >= 15 is 0 Å². The molecule has 100 valence electrons. The smallest absolute Gasteiger partial charge is 0.0397 e. The highest BCUT2D eigenvalue weighted by molar-refractivity contribution is 5.55. The second-order valence-corrected chi connectivity index (χ2v) is 7.04. The zero-order chi connectivity index (χ0) is 13.6. The van der Waals surface area contributed by atoms with Crippen molar-refractivity contribution in [1.82, 2.24) is 5.32 Å². The molecule has 18 heavy (non-hydrogen) atoms. The molecular formula is C16H26N2. The van der Waals surface area contributed by atoms with Gasteiger partial charge in [-0.3, -0.25) is 0 Å². The summed E-state index contributed by atoms with van der Waals surface area (Å²) in [4.78, 5) is 2.52. The Hall–Kier alpha value is -1.02. The molecular weight excluding hydrogens is 220 g/mol. The molecule has 0 aromatic heterocycles. The molecule has 2 rings (SSSR count). The molecule has 2 heteroatoms. The van der Waals surface area contributed by atoms with Crippen LogP contribution in [0.15, 0.2) is 18.2 Å². The number of hydrogen-bond donors (Lipinski definition) is 1. The topological polar surface area (TPSA) is 15.3 Å². The molecule has 0 radical (unpaired) electrons. The van der Waals surface area contributed by atoms with Gasteiger partial charge in [0.25, 0.3) is 0 Å². The van der Waals surface area contributed by atoms with Gasteiger partial charge in [-0.15, -0.1) is 0 Å². The minimum atomic E-state index is 0.152. The number of anilines is 1. The van der Waals surface area contributed by atoms with Crippen LogP contribution in [0.1, 0.15) is 38.8 Å². The predicted octanol–water partition coefficient (Wildman–Crippen LogP) is 3.27. The van der Waals surface area contributed by atoms with Gasteiger partial charge in [-0.05, 0) is 53.2 Å². The Kier molecular flexibility index (Phi) is 3.18. The lowest BCUT2D eigenvalue weighted by molar-refractivity contribution is 0.226. The molecule has 1 aromatic carbocycles. The van der Waals surface area contributed by atoms with Gasteiger partial charge in [0.05, 0.1) is 0 Å². The van der Waals surface area contributed by atoms with Gasteiger partial charge in [0, 0.05) is 29.9 Å². The fraction of sp³-hybridized carbons (Fsp3) is 0.625. The molecule has 1 aromatic rings. The maximum atomic E-state index is 3.72. The van der Waals surface area contributed by atoms with Crippen molar-refractivity contribution < 1.29 is 0 Å². The van der Waals surface area contributed by atoms with Gasteiger partial charge in [-0.2, -0.15) is 0 Å². The summed E-state index contributed by atoms with van der Waals surface area (Å²) in [6.45, 7) is 15.6. The van der Waals surface area contributed by atoms with Crippen LogP contribution in [-0.2, 0) is 0 Å². The van der Waals surface area contributed by atoms with Gasteiger partial charge < -0.3 is 10.2 Å². The number of nitrogens with zero attached hydrogens (tertiary/aromatic N) is 1. The van der Waals surface area contributed by atoms with Crippen molar-refractivity contribution in [3.05, 3.63) is 29.3 Å². The summed E-state index contributed by atoms with van der Waals surface area (Å²) in [6, 6.07) is 6.75.